The lowest BCUT2D eigenvalue weighted by molar-refractivity contribution is -0.132. The Bertz CT molecular complexity index is 715. The van der Waals surface area contributed by atoms with Crippen LogP contribution in [0.5, 0.6) is 0 Å². The van der Waals surface area contributed by atoms with E-state index in [9.17, 15) is 9.18 Å². The number of carbonyl (C=O) groups is 1. The van der Waals surface area contributed by atoms with Gasteiger partial charge in [-0.15, -0.1) is 10.2 Å². The molecule has 2 unspecified atom stereocenters. The summed E-state index contributed by atoms with van der Waals surface area (Å²) in [4.78, 5) is 14.6. The number of thioether (sulfide) groups is 1. The van der Waals surface area contributed by atoms with Crippen LogP contribution in [-0.2, 0) is 4.79 Å². The van der Waals surface area contributed by atoms with Crippen molar-refractivity contribution in [3.05, 3.63) is 30.1 Å². The fourth-order valence-corrected chi connectivity index (χ4v) is 4.15. The van der Waals surface area contributed by atoms with Crippen LogP contribution in [0.4, 0.5) is 15.2 Å². The minimum Gasteiger partial charge on any atom is -0.337 e. The minimum absolute atomic E-state index is 0.109. The maximum atomic E-state index is 13.7. The molecule has 0 aliphatic rings. The normalized spacial score (nSPS) is 13.3. The van der Waals surface area contributed by atoms with Gasteiger partial charge in [-0.1, -0.05) is 49.1 Å². The molecule has 0 bridgehead atoms. The summed E-state index contributed by atoms with van der Waals surface area (Å²) in [7, 11) is 0. The largest absolute Gasteiger partial charge is 0.337 e. The monoisotopic (exact) mass is 396 g/mol. The van der Waals surface area contributed by atoms with E-state index in [-0.39, 0.29) is 23.8 Å². The van der Waals surface area contributed by atoms with E-state index >= 15 is 0 Å². The van der Waals surface area contributed by atoms with Crippen LogP contribution in [0.3, 0.4) is 0 Å². The van der Waals surface area contributed by atoms with Crippen molar-refractivity contribution in [2.75, 3.05) is 11.1 Å². The average molecular weight is 397 g/mol. The summed E-state index contributed by atoms with van der Waals surface area (Å²) in [5.41, 5.74) is 0.357. The summed E-state index contributed by atoms with van der Waals surface area (Å²) >= 11 is 2.68. The first-order chi connectivity index (χ1) is 12.5. The van der Waals surface area contributed by atoms with Crippen LogP contribution < -0.4 is 5.32 Å². The second-order valence-electron chi connectivity index (χ2n) is 6.08. The van der Waals surface area contributed by atoms with E-state index in [0.29, 0.717) is 20.9 Å². The van der Waals surface area contributed by atoms with Crippen LogP contribution in [0, 0.1) is 5.82 Å². The van der Waals surface area contributed by atoms with Gasteiger partial charge in [-0.2, -0.15) is 0 Å². The molecule has 2 rings (SSSR count). The number of carbonyl (C=O) groups excluding carboxylic acids is 1. The Balaban J connectivity index is 1.96. The molecule has 0 aliphatic heterocycles. The molecular formula is C18H25FN4OS2. The van der Waals surface area contributed by atoms with Gasteiger partial charge in [-0.25, -0.2) is 4.39 Å². The van der Waals surface area contributed by atoms with Crippen molar-refractivity contribution in [3.8, 4) is 0 Å². The van der Waals surface area contributed by atoms with Crippen molar-refractivity contribution in [1.29, 1.82) is 0 Å². The predicted octanol–water partition coefficient (Wildman–Crippen LogP) is 4.94. The van der Waals surface area contributed by atoms with Crippen molar-refractivity contribution in [2.24, 2.45) is 0 Å². The molecule has 142 valence electrons. The second-order valence-corrected chi connectivity index (χ2v) is 8.28. The Morgan fingerprint density at radius 2 is 1.88 bits per heavy atom. The summed E-state index contributed by atoms with van der Waals surface area (Å²) in [5.74, 6) is 0.0885. The Hall–Kier alpha value is -1.67. The molecule has 1 N–H and O–H groups in total. The zero-order valence-electron chi connectivity index (χ0n) is 15.5. The molecule has 0 fully saturated rings. The lowest BCUT2D eigenvalue weighted by Gasteiger charge is -2.33. The molecule has 1 heterocycles. The van der Waals surface area contributed by atoms with E-state index in [1.807, 2.05) is 4.90 Å². The molecule has 5 nitrogen and oxygen atoms in total. The molecule has 0 radical (unpaired) electrons. The zero-order chi connectivity index (χ0) is 19.1. The van der Waals surface area contributed by atoms with Gasteiger partial charge in [-0.3, -0.25) is 4.79 Å². The van der Waals surface area contributed by atoms with E-state index in [1.54, 1.807) is 18.2 Å². The third kappa shape index (κ3) is 5.41. The highest BCUT2D eigenvalue weighted by molar-refractivity contribution is 8.01. The molecule has 26 heavy (non-hydrogen) atoms. The van der Waals surface area contributed by atoms with Gasteiger partial charge in [0.15, 0.2) is 4.34 Å². The van der Waals surface area contributed by atoms with Crippen molar-refractivity contribution >= 4 is 39.8 Å². The first-order valence-electron chi connectivity index (χ1n) is 8.75. The predicted molar refractivity (Wildman–Crippen MR) is 107 cm³/mol. The van der Waals surface area contributed by atoms with Gasteiger partial charge < -0.3 is 10.2 Å². The van der Waals surface area contributed by atoms with Crippen LogP contribution in [0.1, 0.15) is 40.5 Å². The summed E-state index contributed by atoms with van der Waals surface area (Å²) in [5, 5.41) is 11.5. The smallest absolute Gasteiger partial charge is 0.233 e. The molecule has 0 saturated carbocycles. The Morgan fingerprint density at radius 1 is 1.23 bits per heavy atom. The van der Waals surface area contributed by atoms with E-state index in [0.717, 1.165) is 12.8 Å². The molecule has 1 aromatic carbocycles. The quantitative estimate of drug-likeness (QED) is 0.609. The number of aromatic nitrogens is 2. The van der Waals surface area contributed by atoms with Gasteiger partial charge in [0.1, 0.15) is 5.82 Å². The van der Waals surface area contributed by atoms with Gasteiger partial charge in [0, 0.05) is 12.1 Å². The Kier molecular flexibility index (Phi) is 7.84. The van der Waals surface area contributed by atoms with Crippen LogP contribution >= 0.6 is 23.1 Å². The Morgan fingerprint density at radius 3 is 2.50 bits per heavy atom. The number of halogens is 1. The highest BCUT2D eigenvalue weighted by Crippen LogP contribution is 2.29. The van der Waals surface area contributed by atoms with Gasteiger partial charge >= 0.3 is 0 Å². The SMILES string of the molecule is CCC(C)N(C(=O)CSc1nnc(Nc2ccccc2F)s1)C(C)CC. The number of nitrogens with zero attached hydrogens (tertiary/aromatic N) is 3. The first kappa shape index (κ1) is 20.6. The summed E-state index contributed by atoms with van der Waals surface area (Å²) in [6.45, 7) is 8.34. The van der Waals surface area contributed by atoms with Gasteiger partial charge in [0.2, 0.25) is 11.0 Å². The molecule has 0 aliphatic carbocycles. The maximum Gasteiger partial charge on any atom is 0.233 e. The summed E-state index contributed by atoms with van der Waals surface area (Å²) < 4.78 is 14.4. The van der Waals surface area contributed by atoms with Crippen LogP contribution in [0.2, 0.25) is 0 Å². The molecule has 1 aromatic heterocycles. The molecule has 1 amide bonds. The average Bonchev–Trinajstić information content (AvgIpc) is 3.09. The van der Waals surface area contributed by atoms with Gasteiger partial charge in [-0.05, 0) is 38.8 Å². The molecule has 0 spiro atoms. The van der Waals surface area contributed by atoms with E-state index in [1.165, 1.54) is 29.2 Å². The van der Waals surface area contributed by atoms with Crippen molar-refractivity contribution in [2.45, 2.75) is 57.0 Å². The fourth-order valence-electron chi connectivity index (χ4n) is 2.51. The topological polar surface area (TPSA) is 58.1 Å². The maximum absolute atomic E-state index is 13.7. The summed E-state index contributed by atoms with van der Waals surface area (Å²) in [6.07, 6.45) is 1.85. The van der Waals surface area contributed by atoms with Crippen LogP contribution in [-0.4, -0.2) is 38.8 Å². The van der Waals surface area contributed by atoms with Crippen molar-refractivity contribution < 1.29 is 9.18 Å². The minimum atomic E-state index is -0.343. The lowest BCUT2D eigenvalue weighted by atomic mass is 10.1. The number of anilines is 2. The lowest BCUT2D eigenvalue weighted by Crippen LogP contribution is -2.45. The van der Waals surface area contributed by atoms with Crippen molar-refractivity contribution in [3.63, 3.8) is 0 Å². The second kappa shape index (κ2) is 9.87. The van der Waals surface area contributed by atoms with E-state index in [4.69, 9.17) is 0 Å². The number of amides is 1. The van der Waals surface area contributed by atoms with Gasteiger partial charge in [0.25, 0.3) is 0 Å². The van der Waals surface area contributed by atoms with Gasteiger partial charge in [0.05, 0.1) is 11.4 Å². The molecular weight excluding hydrogens is 371 g/mol. The third-order valence-corrected chi connectivity index (χ3v) is 6.22. The highest BCUT2D eigenvalue weighted by atomic mass is 32.2. The van der Waals surface area contributed by atoms with Crippen LogP contribution in [0.15, 0.2) is 28.6 Å². The fraction of sp³-hybridized carbons (Fsp3) is 0.500. The van der Waals surface area contributed by atoms with E-state index in [2.05, 4.69) is 43.2 Å². The number of hydrogen-bond acceptors (Lipinski definition) is 6. The standard InChI is InChI=1S/C18H25FN4OS2/c1-5-12(3)23(13(4)6-2)16(24)11-25-18-22-21-17(26-18)20-15-10-8-7-9-14(15)19/h7-10,12-13H,5-6,11H2,1-4H3,(H,20,21). The Labute approximate surface area is 162 Å². The van der Waals surface area contributed by atoms with Crippen LogP contribution in [0.25, 0.3) is 0 Å². The zero-order valence-corrected chi connectivity index (χ0v) is 17.2. The number of nitrogens with one attached hydrogen (secondary N) is 1. The molecule has 8 heteroatoms. The number of benzene rings is 1. The third-order valence-electron chi connectivity index (χ3n) is 4.26. The molecule has 2 aromatic rings. The summed E-state index contributed by atoms with van der Waals surface area (Å²) in [6, 6.07) is 6.84. The van der Waals surface area contributed by atoms with E-state index < -0.39 is 0 Å². The molecule has 2 atom stereocenters. The number of hydrogen-bond donors (Lipinski definition) is 1. The highest BCUT2D eigenvalue weighted by Gasteiger charge is 2.23. The number of rotatable bonds is 9. The van der Waals surface area contributed by atoms with Crippen molar-refractivity contribution in [1.82, 2.24) is 15.1 Å². The molecule has 0 saturated heterocycles. The first-order valence-corrected chi connectivity index (χ1v) is 10.5. The number of para-hydroxylation sites is 1.